The number of nitrogens with two attached hydrogens (primary N) is 2. The van der Waals surface area contributed by atoms with Crippen LogP contribution in [-0.2, 0) is 27.4 Å². The summed E-state index contributed by atoms with van der Waals surface area (Å²) >= 11 is 0. The molecule has 0 saturated carbocycles. The molecule has 0 spiro atoms. The Morgan fingerprint density at radius 1 is 1.03 bits per heavy atom. The molecule has 0 aromatic heterocycles. The quantitative estimate of drug-likeness (QED) is 0.306. The molecule has 2 aromatic carbocycles. The van der Waals surface area contributed by atoms with Crippen LogP contribution in [0.3, 0.4) is 0 Å². The topological polar surface area (TPSA) is 165 Å². The molecule has 2 unspecified atom stereocenters. The van der Waals surface area contributed by atoms with Crippen LogP contribution >= 0.6 is 0 Å². The number of carbonyl (C=O) groups is 3. The lowest BCUT2D eigenvalue weighted by Gasteiger charge is -2.12. The maximum absolute atomic E-state index is 11.7. The van der Waals surface area contributed by atoms with Crippen LogP contribution in [0.2, 0.25) is 0 Å². The predicted molar refractivity (Wildman–Crippen MR) is 124 cm³/mol. The van der Waals surface area contributed by atoms with Crippen molar-refractivity contribution in [3.05, 3.63) is 59.2 Å². The fraction of sp³-hybridized carbons (Fsp3) is 0.375. The zero-order chi connectivity index (χ0) is 24.4. The van der Waals surface area contributed by atoms with Gasteiger partial charge in [-0.15, -0.1) is 0 Å². The molecule has 1 amide bonds. The summed E-state index contributed by atoms with van der Waals surface area (Å²) in [7, 11) is 0. The van der Waals surface area contributed by atoms with E-state index in [4.69, 9.17) is 26.4 Å². The maximum Gasteiger partial charge on any atom is 0.408 e. The number of ether oxygens (including phenoxy) is 1. The zero-order valence-electron chi connectivity index (χ0n) is 18.6. The fourth-order valence-corrected chi connectivity index (χ4v) is 3.41. The molecule has 178 valence electrons. The molecule has 9 nitrogen and oxygen atoms in total. The van der Waals surface area contributed by atoms with Crippen LogP contribution in [0.1, 0.15) is 42.9 Å². The number of carbonyl (C=O) groups excluding carboxylic acids is 1. The van der Waals surface area contributed by atoms with E-state index in [1.165, 1.54) is 23.6 Å². The van der Waals surface area contributed by atoms with E-state index in [9.17, 15) is 14.4 Å². The maximum atomic E-state index is 11.7. The molecule has 9 heteroatoms. The van der Waals surface area contributed by atoms with Gasteiger partial charge in [0, 0.05) is 0 Å². The molecule has 1 aliphatic carbocycles. The van der Waals surface area contributed by atoms with E-state index < -0.39 is 30.1 Å². The molecule has 0 radical (unpaired) electrons. The molecule has 0 saturated heterocycles. The lowest BCUT2D eigenvalue weighted by atomic mass is 10.0. The second-order valence-electron chi connectivity index (χ2n) is 7.79. The average Bonchev–Trinajstić information content (AvgIpc) is 3.17. The monoisotopic (exact) mass is 457 g/mol. The van der Waals surface area contributed by atoms with Gasteiger partial charge in [0.25, 0.3) is 0 Å². The molecule has 0 bridgehead atoms. The summed E-state index contributed by atoms with van der Waals surface area (Å²) in [6.07, 6.45) is 2.25. The van der Waals surface area contributed by atoms with E-state index >= 15 is 0 Å². The first-order valence-corrected chi connectivity index (χ1v) is 10.8. The van der Waals surface area contributed by atoms with E-state index in [1.54, 1.807) is 0 Å². The van der Waals surface area contributed by atoms with Gasteiger partial charge in [0.05, 0.1) is 0 Å². The van der Waals surface area contributed by atoms with Crippen molar-refractivity contribution < 1.29 is 29.3 Å². The van der Waals surface area contributed by atoms with E-state index in [0.29, 0.717) is 13.0 Å². The standard InChI is InChI=1S/C18H17NO4.C6H14N2O2/c1-11(17(20)21)19-18(22)23-10-13-6-4-8-15-14-7-3-2-5-12(14)9-16(13)15;7-4-2-1-3-5(8)6(9)10/h2-8,11H,9-10H2,1H3,(H,19,22)(H,20,21);5H,1-4,7-8H2,(H,9,10). The van der Waals surface area contributed by atoms with Gasteiger partial charge < -0.3 is 31.7 Å². The van der Waals surface area contributed by atoms with Crippen molar-refractivity contribution in [2.75, 3.05) is 6.54 Å². The Hall–Kier alpha value is -3.43. The number of unbranched alkanes of at least 4 members (excludes halogenated alkanes) is 1. The Bertz CT molecular complexity index is 978. The number of aliphatic carboxylic acids is 2. The molecular formula is C24H31N3O6. The highest BCUT2D eigenvalue weighted by atomic mass is 16.5. The molecule has 7 N–H and O–H groups in total. The van der Waals surface area contributed by atoms with Crippen molar-refractivity contribution in [3.63, 3.8) is 0 Å². The summed E-state index contributed by atoms with van der Waals surface area (Å²) in [5.74, 6) is -2.03. The third-order valence-electron chi connectivity index (χ3n) is 5.30. The lowest BCUT2D eigenvalue weighted by Crippen LogP contribution is -2.38. The third kappa shape index (κ3) is 7.58. The van der Waals surface area contributed by atoms with Crippen LogP contribution in [-0.4, -0.2) is 46.9 Å². The van der Waals surface area contributed by atoms with Crippen LogP contribution in [0.5, 0.6) is 0 Å². The number of hydrogen-bond donors (Lipinski definition) is 5. The highest BCUT2D eigenvalue weighted by Gasteiger charge is 2.21. The van der Waals surface area contributed by atoms with E-state index in [2.05, 4.69) is 23.5 Å². The highest BCUT2D eigenvalue weighted by molar-refractivity contribution is 5.80. The predicted octanol–water partition coefficient (Wildman–Crippen LogP) is 2.48. The summed E-state index contributed by atoms with van der Waals surface area (Å²) in [6, 6.07) is 12.5. The minimum absolute atomic E-state index is 0.120. The molecule has 2 aromatic rings. The zero-order valence-corrected chi connectivity index (χ0v) is 18.6. The van der Waals surface area contributed by atoms with Crippen LogP contribution in [0.15, 0.2) is 42.5 Å². The average molecular weight is 458 g/mol. The van der Waals surface area contributed by atoms with Gasteiger partial charge >= 0.3 is 18.0 Å². The number of carboxylic acid groups (broad SMARTS) is 2. The highest BCUT2D eigenvalue weighted by Crippen LogP contribution is 2.38. The molecule has 0 heterocycles. The molecular weight excluding hydrogens is 426 g/mol. The Morgan fingerprint density at radius 2 is 1.73 bits per heavy atom. The Morgan fingerprint density at radius 3 is 2.39 bits per heavy atom. The normalized spacial score (nSPS) is 12.9. The molecule has 0 fully saturated rings. The molecule has 33 heavy (non-hydrogen) atoms. The van der Waals surface area contributed by atoms with Crippen molar-refractivity contribution in [2.45, 2.75) is 51.3 Å². The summed E-state index contributed by atoms with van der Waals surface area (Å²) in [4.78, 5) is 32.5. The summed E-state index contributed by atoms with van der Waals surface area (Å²) in [6.45, 7) is 2.11. The molecule has 1 aliphatic rings. The van der Waals surface area contributed by atoms with E-state index in [-0.39, 0.29) is 6.61 Å². The largest absolute Gasteiger partial charge is 0.480 e. The van der Waals surface area contributed by atoms with Gasteiger partial charge in [0.2, 0.25) is 0 Å². The van der Waals surface area contributed by atoms with Crippen molar-refractivity contribution >= 4 is 18.0 Å². The van der Waals surface area contributed by atoms with Crippen molar-refractivity contribution in [2.24, 2.45) is 11.5 Å². The number of nitrogens with one attached hydrogen (secondary N) is 1. The number of benzene rings is 2. The first-order valence-electron chi connectivity index (χ1n) is 10.8. The number of alkyl carbamates (subject to hydrolysis) is 1. The van der Waals surface area contributed by atoms with Crippen LogP contribution in [0.25, 0.3) is 11.1 Å². The van der Waals surface area contributed by atoms with Crippen molar-refractivity contribution in [3.8, 4) is 11.1 Å². The molecule has 3 rings (SSSR count). The smallest absolute Gasteiger partial charge is 0.408 e. The number of hydrogen-bond acceptors (Lipinski definition) is 6. The van der Waals surface area contributed by atoms with Gasteiger partial charge in [0.1, 0.15) is 18.7 Å². The van der Waals surface area contributed by atoms with Gasteiger partial charge in [-0.3, -0.25) is 9.59 Å². The third-order valence-corrected chi connectivity index (χ3v) is 5.30. The Balaban J connectivity index is 0.000000328. The SMILES string of the molecule is CC(NC(=O)OCc1cccc2c1Cc1ccccc1-2)C(=O)O.NCCCCC(N)C(=O)O. The first-order chi connectivity index (χ1) is 15.7. The minimum atomic E-state index is -1.10. The lowest BCUT2D eigenvalue weighted by molar-refractivity contribution is -0.139. The van der Waals surface area contributed by atoms with Gasteiger partial charge in [-0.2, -0.15) is 0 Å². The van der Waals surface area contributed by atoms with Crippen LogP contribution in [0, 0.1) is 0 Å². The van der Waals surface area contributed by atoms with Gasteiger partial charge in [-0.25, -0.2) is 4.79 Å². The van der Waals surface area contributed by atoms with E-state index in [0.717, 1.165) is 30.4 Å². The molecule has 0 aliphatic heterocycles. The number of rotatable bonds is 9. The van der Waals surface area contributed by atoms with Crippen molar-refractivity contribution in [1.29, 1.82) is 0 Å². The van der Waals surface area contributed by atoms with Crippen LogP contribution in [0.4, 0.5) is 4.79 Å². The number of carboxylic acids is 2. The first kappa shape index (κ1) is 25.8. The van der Waals surface area contributed by atoms with E-state index in [1.807, 2.05) is 24.3 Å². The minimum Gasteiger partial charge on any atom is -0.480 e. The number of amides is 1. The van der Waals surface area contributed by atoms with Gasteiger partial charge in [-0.05, 0) is 60.5 Å². The summed E-state index contributed by atoms with van der Waals surface area (Å²) < 4.78 is 5.16. The number of fused-ring (bicyclic) bond motifs is 3. The molecule has 2 atom stereocenters. The summed E-state index contributed by atoms with van der Waals surface area (Å²) in [5, 5.41) is 19.4. The fourth-order valence-electron chi connectivity index (χ4n) is 3.41. The second kappa shape index (κ2) is 12.6. The second-order valence-corrected chi connectivity index (χ2v) is 7.79. The van der Waals surface area contributed by atoms with Gasteiger partial charge in [0.15, 0.2) is 0 Å². The summed E-state index contributed by atoms with van der Waals surface area (Å²) in [5.41, 5.74) is 16.2. The van der Waals surface area contributed by atoms with Crippen LogP contribution < -0.4 is 16.8 Å². The van der Waals surface area contributed by atoms with Gasteiger partial charge in [-0.1, -0.05) is 48.9 Å². The Kier molecular flexibility index (Phi) is 9.84. The van der Waals surface area contributed by atoms with Crippen molar-refractivity contribution in [1.82, 2.24) is 5.32 Å². The Labute approximate surface area is 192 Å².